The van der Waals surface area contributed by atoms with Crippen molar-refractivity contribution in [3.05, 3.63) is 51.8 Å². The first kappa shape index (κ1) is 20.1. The van der Waals surface area contributed by atoms with Gasteiger partial charge in [0, 0.05) is 19.8 Å². The molecule has 0 atom stereocenters. The van der Waals surface area contributed by atoms with Gasteiger partial charge in [0.15, 0.2) is 0 Å². The second kappa shape index (κ2) is 7.89. The number of benzene rings is 1. The maximum atomic E-state index is 12.8. The van der Waals surface area contributed by atoms with Gasteiger partial charge < -0.3 is 27.0 Å². The van der Waals surface area contributed by atoms with Gasteiger partial charge in [0.05, 0.1) is 0 Å². The number of hydrogen-bond donors (Lipinski definition) is 0. The summed E-state index contributed by atoms with van der Waals surface area (Å²) in [4.78, 5) is 4.17. The molecule has 0 saturated carbocycles. The first-order valence-electron chi connectivity index (χ1n) is 5.96. The van der Waals surface area contributed by atoms with Crippen LogP contribution in [0.2, 0.25) is 0 Å². The number of halogens is 1. The van der Waals surface area contributed by atoms with E-state index < -0.39 is 5.60 Å². The Balaban J connectivity index is 0.00000180. The summed E-state index contributed by atoms with van der Waals surface area (Å²) >= 11 is 1.66. The normalized spacial score (nSPS) is 16.2. The third-order valence-electron chi connectivity index (χ3n) is 2.99. The number of anilines is 1. The molecule has 0 bridgehead atoms. The van der Waals surface area contributed by atoms with Gasteiger partial charge in [0.2, 0.25) is 0 Å². The summed E-state index contributed by atoms with van der Waals surface area (Å²) in [5.74, 6) is 0. The first-order chi connectivity index (χ1) is 8.40. The molecule has 0 N–H and O–H groups in total. The number of nitrogens with zero attached hydrogens (tertiary/aromatic N) is 1. The van der Waals surface area contributed by atoms with Crippen LogP contribution in [-0.2, 0) is 5.60 Å². The van der Waals surface area contributed by atoms with E-state index in [1.807, 2.05) is 57.1 Å². The number of thioether (sulfide) groups is 1. The van der Waals surface area contributed by atoms with Crippen LogP contribution < -0.4 is 27.0 Å². The maximum Gasteiger partial charge on any atom is 2.00 e. The van der Waals surface area contributed by atoms with Gasteiger partial charge in [-0.1, -0.05) is 29.8 Å². The minimum Gasteiger partial charge on any atom is -1.00 e. The topological polar surface area (TPSA) is 26.3 Å². The van der Waals surface area contributed by atoms with Gasteiger partial charge in [-0.25, -0.2) is 0 Å². The minimum absolute atomic E-state index is 0. The summed E-state index contributed by atoms with van der Waals surface area (Å²) in [6, 6.07) is 7.82. The molecule has 0 radical (unpaired) electrons. The Morgan fingerprint density at radius 1 is 1.00 bits per heavy atom. The van der Waals surface area contributed by atoms with Crippen molar-refractivity contribution in [2.24, 2.45) is 0 Å². The molecule has 1 aliphatic rings. The number of allylic oxidation sites excluding steroid dienone is 2. The summed E-state index contributed by atoms with van der Waals surface area (Å²) in [5.41, 5.74) is 0.686. The molecule has 20 heavy (non-hydrogen) atoms. The van der Waals surface area contributed by atoms with Crippen molar-refractivity contribution in [3.8, 4) is 0 Å². The van der Waals surface area contributed by atoms with E-state index in [0.717, 1.165) is 21.1 Å². The quantitative estimate of drug-likeness (QED) is 0.661. The Labute approximate surface area is 152 Å². The van der Waals surface area contributed by atoms with Gasteiger partial charge in [0.1, 0.15) is 0 Å². The van der Waals surface area contributed by atoms with Crippen LogP contribution in [-0.4, -0.2) is 37.1 Å². The molecule has 1 aromatic rings. The van der Waals surface area contributed by atoms with Crippen LogP contribution in [0.1, 0.15) is 19.4 Å². The first-order valence-corrected chi connectivity index (χ1v) is 6.77. The third kappa shape index (κ3) is 4.53. The van der Waals surface area contributed by atoms with Crippen molar-refractivity contribution in [2.45, 2.75) is 19.4 Å². The number of hydrogen-bond acceptors (Lipinski definition) is 3. The van der Waals surface area contributed by atoms with Crippen LogP contribution in [0.5, 0.6) is 0 Å². The molecular formula is C15H18BrMgNOS. The molecule has 0 saturated heterocycles. The zero-order valence-electron chi connectivity index (χ0n) is 12.3. The molecule has 5 heteroatoms. The Morgan fingerprint density at radius 2 is 1.45 bits per heavy atom. The smallest absolute Gasteiger partial charge is 1.00 e. The van der Waals surface area contributed by atoms with Crippen molar-refractivity contribution in [1.29, 1.82) is 0 Å². The molecule has 1 aromatic carbocycles. The van der Waals surface area contributed by atoms with Crippen molar-refractivity contribution < 1.29 is 22.1 Å². The summed E-state index contributed by atoms with van der Waals surface area (Å²) in [7, 11) is 3.99. The molecular weight excluding hydrogens is 346 g/mol. The third-order valence-corrected chi connectivity index (χ3v) is 3.87. The van der Waals surface area contributed by atoms with Crippen LogP contribution >= 0.6 is 11.8 Å². The van der Waals surface area contributed by atoms with Gasteiger partial charge >= 0.3 is 23.1 Å². The zero-order valence-corrected chi connectivity index (χ0v) is 16.1. The largest absolute Gasteiger partial charge is 2.00 e. The van der Waals surface area contributed by atoms with Crippen molar-refractivity contribution in [2.75, 3.05) is 19.0 Å². The molecule has 1 aliphatic heterocycles. The van der Waals surface area contributed by atoms with Crippen molar-refractivity contribution in [1.82, 2.24) is 0 Å². The SMILES string of the molecule is CC1=CC([O-])(c2ccc(N(C)C)cc2)C=C(C)S1.[Br-].[Mg+2]. The van der Waals surface area contributed by atoms with Gasteiger partial charge in [-0.3, -0.25) is 0 Å². The van der Waals surface area contributed by atoms with Crippen LogP contribution in [0.25, 0.3) is 0 Å². The summed E-state index contributed by atoms with van der Waals surface area (Å²) in [6.07, 6.45) is 3.60. The summed E-state index contributed by atoms with van der Waals surface area (Å²) in [6.45, 7) is 3.98. The fraction of sp³-hybridized carbons (Fsp3) is 0.333. The van der Waals surface area contributed by atoms with E-state index in [1.54, 1.807) is 23.9 Å². The fourth-order valence-electron chi connectivity index (χ4n) is 2.15. The van der Waals surface area contributed by atoms with E-state index >= 15 is 0 Å². The average molecular weight is 365 g/mol. The Kier molecular flexibility index (Phi) is 7.92. The van der Waals surface area contributed by atoms with Crippen LogP contribution in [0.4, 0.5) is 5.69 Å². The van der Waals surface area contributed by atoms with E-state index in [-0.39, 0.29) is 40.0 Å². The van der Waals surface area contributed by atoms with Gasteiger partial charge in [0.25, 0.3) is 0 Å². The molecule has 0 fully saturated rings. The van der Waals surface area contributed by atoms with E-state index in [2.05, 4.69) is 0 Å². The van der Waals surface area contributed by atoms with Gasteiger partial charge in [-0.2, -0.15) is 0 Å². The second-order valence-electron chi connectivity index (χ2n) is 4.85. The monoisotopic (exact) mass is 363 g/mol. The fourth-order valence-corrected chi connectivity index (χ4v) is 3.12. The van der Waals surface area contributed by atoms with E-state index in [9.17, 15) is 5.11 Å². The van der Waals surface area contributed by atoms with E-state index in [4.69, 9.17) is 0 Å². The Morgan fingerprint density at radius 3 is 1.85 bits per heavy atom. The molecule has 0 aromatic heterocycles. The van der Waals surface area contributed by atoms with Gasteiger partial charge in [-0.05, 0) is 41.4 Å². The number of rotatable bonds is 2. The molecule has 0 spiro atoms. The maximum absolute atomic E-state index is 12.8. The zero-order chi connectivity index (χ0) is 13.3. The van der Waals surface area contributed by atoms with Crippen LogP contribution in [0.3, 0.4) is 0 Å². The van der Waals surface area contributed by atoms with E-state index in [0.29, 0.717) is 0 Å². The Hall–Kier alpha value is 0.0562. The molecule has 0 unspecified atom stereocenters. The second-order valence-corrected chi connectivity index (χ2v) is 6.34. The molecule has 1 heterocycles. The van der Waals surface area contributed by atoms with Crippen LogP contribution in [0, 0.1) is 0 Å². The molecule has 0 amide bonds. The molecule has 2 rings (SSSR count). The summed E-state index contributed by atoms with van der Waals surface area (Å²) < 4.78 is 0. The molecule has 104 valence electrons. The average Bonchev–Trinajstić information content (AvgIpc) is 2.27. The van der Waals surface area contributed by atoms with Crippen molar-refractivity contribution in [3.63, 3.8) is 0 Å². The van der Waals surface area contributed by atoms with E-state index in [1.165, 1.54) is 0 Å². The molecule has 0 aliphatic carbocycles. The van der Waals surface area contributed by atoms with Gasteiger partial charge in [-0.15, -0.1) is 11.8 Å². The standard InChI is InChI=1S/C15H18NOS.BrH.Mg/c1-11-9-15(17,10-12(2)18-11)13-5-7-14(8-6-13)16(3)4;;/h5-10H,1-4H3;1H;/q-1;;+2/p-1. The summed E-state index contributed by atoms with van der Waals surface area (Å²) in [5, 5.41) is 12.8. The molecule has 2 nitrogen and oxygen atoms in total. The predicted molar refractivity (Wildman–Crippen MR) is 83.3 cm³/mol. The van der Waals surface area contributed by atoms with Crippen LogP contribution in [0.15, 0.2) is 46.2 Å². The van der Waals surface area contributed by atoms with Crippen molar-refractivity contribution >= 4 is 40.5 Å². The minimum atomic E-state index is -1.22. The predicted octanol–water partition coefficient (Wildman–Crippen LogP) is -0.514. The Bertz CT molecular complexity index is 493.